The number of para-hydroxylation sites is 2. The molecule has 2 aromatic heterocycles. The lowest BCUT2D eigenvalue weighted by Gasteiger charge is -2.07. The summed E-state index contributed by atoms with van der Waals surface area (Å²) < 4.78 is 2.13. The Morgan fingerprint density at radius 3 is 2.74 bits per heavy atom. The van der Waals surface area contributed by atoms with Gasteiger partial charge in [-0.2, -0.15) is 0 Å². The minimum atomic E-state index is -0.0551. The van der Waals surface area contributed by atoms with Crippen LogP contribution in [0.15, 0.2) is 66.1 Å². The number of aryl methyl sites for hydroxylation is 1. The first-order chi connectivity index (χ1) is 13.2. The van der Waals surface area contributed by atoms with Gasteiger partial charge >= 0.3 is 0 Å². The van der Waals surface area contributed by atoms with Gasteiger partial charge in [0.1, 0.15) is 5.82 Å². The molecule has 0 saturated carbocycles. The number of aromatic nitrogens is 4. The molecule has 2 N–H and O–H groups in total. The SMILES string of the molecule is CCn1c(SCC(=O)Nc2ccc(-c3ncc[nH]3)cc2)nc2ccccc21. The molecule has 0 aliphatic rings. The third kappa shape index (κ3) is 3.73. The number of benzene rings is 2. The van der Waals surface area contributed by atoms with E-state index in [0.717, 1.165) is 39.8 Å². The van der Waals surface area contributed by atoms with Crippen molar-refractivity contribution in [2.75, 3.05) is 11.1 Å². The summed E-state index contributed by atoms with van der Waals surface area (Å²) in [6.45, 7) is 2.90. The number of carbonyl (C=O) groups excluding carboxylic acids is 1. The summed E-state index contributed by atoms with van der Waals surface area (Å²) >= 11 is 1.45. The smallest absolute Gasteiger partial charge is 0.234 e. The fraction of sp³-hybridized carbons (Fsp3) is 0.150. The number of hydrogen-bond acceptors (Lipinski definition) is 4. The molecule has 2 heterocycles. The van der Waals surface area contributed by atoms with E-state index in [1.807, 2.05) is 42.5 Å². The molecule has 2 aromatic carbocycles. The summed E-state index contributed by atoms with van der Waals surface area (Å²) in [7, 11) is 0. The van der Waals surface area contributed by atoms with E-state index in [1.165, 1.54) is 11.8 Å². The topological polar surface area (TPSA) is 75.6 Å². The summed E-state index contributed by atoms with van der Waals surface area (Å²) in [5, 5.41) is 3.79. The zero-order chi connectivity index (χ0) is 18.6. The number of carbonyl (C=O) groups is 1. The van der Waals surface area contributed by atoms with Crippen LogP contribution >= 0.6 is 11.8 Å². The zero-order valence-corrected chi connectivity index (χ0v) is 15.7. The van der Waals surface area contributed by atoms with Crippen LogP contribution in [-0.4, -0.2) is 31.2 Å². The molecule has 1 amide bonds. The molecule has 6 nitrogen and oxygen atoms in total. The fourth-order valence-corrected chi connectivity index (χ4v) is 3.81. The highest BCUT2D eigenvalue weighted by Crippen LogP contribution is 2.24. The van der Waals surface area contributed by atoms with Crippen LogP contribution in [0, 0.1) is 0 Å². The molecule has 0 radical (unpaired) electrons. The maximum absolute atomic E-state index is 12.3. The number of imidazole rings is 2. The molecule has 4 rings (SSSR count). The lowest BCUT2D eigenvalue weighted by molar-refractivity contribution is -0.113. The van der Waals surface area contributed by atoms with Gasteiger partial charge in [-0.25, -0.2) is 9.97 Å². The van der Waals surface area contributed by atoms with E-state index in [2.05, 4.69) is 37.8 Å². The van der Waals surface area contributed by atoms with Gasteiger partial charge < -0.3 is 14.9 Å². The van der Waals surface area contributed by atoms with E-state index >= 15 is 0 Å². The molecule has 0 spiro atoms. The summed E-state index contributed by atoms with van der Waals surface area (Å²) in [5.41, 5.74) is 3.79. The van der Waals surface area contributed by atoms with Gasteiger partial charge in [-0.15, -0.1) is 0 Å². The number of nitrogens with one attached hydrogen (secondary N) is 2. The third-order valence-corrected chi connectivity index (χ3v) is 5.18. The van der Waals surface area contributed by atoms with Crippen molar-refractivity contribution < 1.29 is 4.79 Å². The number of fused-ring (bicyclic) bond motifs is 1. The number of nitrogens with zero attached hydrogens (tertiary/aromatic N) is 3. The van der Waals surface area contributed by atoms with Gasteiger partial charge in [0.25, 0.3) is 0 Å². The molecule has 0 fully saturated rings. The maximum atomic E-state index is 12.3. The first-order valence-electron chi connectivity index (χ1n) is 8.72. The van der Waals surface area contributed by atoms with Crippen LogP contribution in [0.5, 0.6) is 0 Å². The van der Waals surface area contributed by atoms with Gasteiger partial charge in [-0.05, 0) is 43.3 Å². The van der Waals surface area contributed by atoms with Crippen LogP contribution in [0.3, 0.4) is 0 Å². The zero-order valence-electron chi connectivity index (χ0n) is 14.8. The molecule has 136 valence electrons. The van der Waals surface area contributed by atoms with Crippen molar-refractivity contribution in [1.29, 1.82) is 0 Å². The molecule has 0 aliphatic heterocycles. The fourth-order valence-electron chi connectivity index (χ4n) is 2.93. The molecule has 27 heavy (non-hydrogen) atoms. The molecule has 0 unspecified atom stereocenters. The molecule has 0 atom stereocenters. The Morgan fingerprint density at radius 2 is 2.00 bits per heavy atom. The average molecular weight is 377 g/mol. The van der Waals surface area contributed by atoms with Gasteiger partial charge in [0.15, 0.2) is 5.16 Å². The van der Waals surface area contributed by atoms with Crippen LogP contribution in [0.1, 0.15) is 6.92 Å². The third-order valence-electron chi connectivity index (χ3n) is 4.21. The second-order valence-electron chi connectivity index (χ2n) is 5.98. The molecule has 7 heteroatoms. The van der Waals surface area contributed by atoms with E-state index in [9.17, 15) is 4.79 Å². The van der Waals surface area contributed by atoms with Crippen molar-refractivity contribution in [2.45, 2.75) is 18.6 Å². The Hall–Kier alpha value is -3.06. The second kappa shape index (κ2) is 7.67. The van der Waals surface area contributed by atoms with Crippen molar-refractivity contribution >= 4 is 34.4 Å². The normalized spacial score (nSPS) is 11.0. The van der Waals surface area contributed by atoms with Crippen molar-refractivity contribution in [3.8, 4) is 11.4 Å². The standard InChI is InChI=1S/C20H19N5OS/c1-2-25-17-6-4-3-5-16(17)24-20(25)27-13-18(26)23-15-9-7-14(8-10-15)19-21-11-12-22-19/h3-12H,2,13H2,1H3,(H,21,22)(H,23,26). The minimum absolute atomic E-state index is 0.0551. The van der Waals surface area contributed by atoms with Crippen molar-refractivity contribution in [1.82, 2.24) is 19.5 Å². The molecule has 0 bridgehead atoms. The Morgan fingerprint density at radius 1 is 1.19 bits per heavy atom. The van der Waals surface area contributed by atoms with Gasteiger partial charge in [0.2, 0.25) is 5.91 Å². The summed E-state index contributed by atoms with van der Waals surface area (Å²) in [5.74, 6) is 1.06. The Kier molecular flexibility index (Phi) is 4.93. The summed E-state index contributed by atoms with van der Waals surface area (Å²) in [6, 6.07) is 15.6. The Bertz CT molecular complexity index is 1050. The maximum Gasteiger partial charge on any atom is 0.234 e. The highest BCUT2D eigenvalue weighted by atomic mass is 32.2. The highest BCUT2D eigenvalue weighted by molar-refractivity contribution is 7.99. The first-order valence-corrected chi connectivity index (χ1v) is 9.71. The van der Waals surface area contributed by atoms with Crippen LogP contribution in [0.4, 0.5) is 5.69 Å². The number of H-pyrrole nitrogens is 1. The van der Waals surface area contributed by atoms with Gasteiger partial charge in [-0.1, -0.05) is 23.9 Å². The predicted molar refractivity (Wildman–Crippen MR) is 109 cm³/mol. The van der Waals surface area contributed by atoms with Crippen molar-refractivity contribution in [3.63, 3.8) is 0 Å². The highest BCUT2D eigenvalue weighted by Gasteiger charge is 2.12. The van der Waals surface area contributed by atoms with E-state index in [4.69, 9.17) is 0 Å². The van der Waals surface area contributed by atoms with Crippen molar-refractivity contribution in [3.05, 3.63) is 60.9 Å². The number of thioether (sulfide) groups is 1. The number of anilines is 1. The second-order valence-corrected chi connectivity index (χ2v) is 6.92. The Labute approximate surface area is 161 Å². The van der Waals surface area contributed by atoms with E-state index in [1.54, 1.807) is 12.4 Å². The van der Waals surface area contributed by atoms with Crippen molar-refractivity contribution in [2.24, 2.45) is 0 Å². The summed E-state index contributed by atoms with van der Waals surface area (Å²) in [4.78, 5) is 24.2. The van der Waals surface area contributed by atoms with Gasteiger partial charge in [-0.3, -0.25) is 4.79 Å². The largest absolute Gasteiger partial charge is 0.345 e. The van der Waals surface area contributed by atoms with Crippen LogP contribution < -0.4 is 5.32 Å². The van der Waals surface area contributed by atoms with Crippen LogP contribution in [0.25, 0.3) is 22.4 Å². The lowest BCUT2D eigenvalue weighted by atomic mass is 10.2. The van der Waals surface area contributed by atoms with Gasteiger partial charge in [0.05, 0.1) is 16.8 Å². The molecular formula is C20H19N5OS. The quantitative estimate of drug-likeness (QED) is 0.494. The number of hydrogen-bond donors (Lipinski definition) is 2. The van der Waals surface area contributed by atoms with Gasteiger partial charge in [0, 0.05) is 30.2 Å². The molecule has 0 saturated heterocycles. The molecule has 4 aromatic rings. The summed E-state index contributed by atoms with van der Waals surface area (Å²) in [6.07, 6.45) is 3.50. The van der Waals surface area contributed by atoms with E-state index < -0.39 is 0 Å². The number of aromatic amines is 1. The number of amides is 1. The van der Waals surface area contributed by atoms with Crippen LogP contribution in [-0.2, 0) is 11.3 Å². The monoisotopic (exact) mass is 377 g/mol. The van der Waals surface area contributed by atoms with Crippen LogP contribution in [0.2, 0.25) is 0 Å². The molecule has 0 aliphatic carbocycles. The van der Waals surface area contributed by atoms with E-state index in [-0.39, 0.29) is 5.91 Å². The Balaban J connectivity index is 1.40. The number of rotatable bonds is 6. The predicted octanol–water partition coefficient (Wildman–Crippen LogP) is 4.18. The average Bonchev–Trinajstić information content (AvgIpc) is 3.34. The lowest BCUT2D eigenvalue weighted by Crippen LogP contribution is -2.14. The van der Waals surface area contributed by atoms with E-state index in [0.29, 0.717) is 5.75 Å². The first kappa shape index (κ1) is 17.4. The minimum Gasteiger partial charge on any atom is -0.345 e. The molecular weight excluding hydrogens is 358 g/mol.